The van der Waals surface area contributed by atoms with E-state index in [9.17, 15) is 0 Å². The van der Waals surface area contributed by atoms with Gasteiger partial charge in [0.05, 0.1) is 6.04 Å². The van der Waals surface area contributed by atoms with Gasteiger partial charge in [0.2, 0.25) is 0 Å². The van der Waals surface area contributed by atoms with Gasteiger partial charge in [-0.25, -0.2) is 0 Å². The van der Waals surface area contributed by atoms with Crippen molar-refractivity contribution in [3.63, 3.8) is 0 Å². The lowest BCUT2D eigenvalue weighted by Gasteiger charge is -2.30. The second kappa shape index (κ2) is 11.5. The smallest absolute Gasteiger partial charge is 0.191 e. The molecule has 1 atom stereocenters. The fourth-order valence-electron chi connectivity index (χ4n) is 2.92. The lowest BCUT2D eigenvalue weighted by atomic mass is 10.1. The number of nitrogens with one attached hydrogen (secondary N) is 2. The van der Waals surface area contributed by atoms with Crippen molar-refractivity contribution in [3.8, 4) is 0 Å². The van der Waals surface area contributed by atoms with E-state index in [1.54, 1.807) is 11.3 Å². The summed E-state index contributed by atoms with van der Waals surface area (Å²) in [5.74, 6) is 1.71. The van der Waals surface area contributed by atoms with Crippen molar-refractivity contribution < 1.29 is 4.74 Å². The van der Waals surface area contributed by atoms with Gasteiger partial charge >= 0.3 is 0 Å². The van der Waals surface area contributed by atoms with Gasteiger partial charge in [0, 0.05) is 33.4 Å². The number of aliphatic imine (C=N–C) groups is 1. The molecule has 2 rings (SSSR count). The number of ether oxygens (including phenoxy) is 1. The Bertz CT molecular complexity index is 484. The molecule has 1 aliphatic rings. The molecule has 142 valence electrons. The molecular formula is C19H34N4OS. The Morgan fingerprint density at radius 1 is 1.36 bits per heavy atom. The summed E-state index contributed by atoms with van der Waals surface area (Å²) in [5.41, 5.74) is 1.38. The van der Waals surface area contributed by atoms with Gasteiger partial charge < -0.3 is 15.4 Å². The number of hydrogen-bond donors (Lipinski definition) is 2. The first kappa shape index (κ1) is 20.2. The van der Waals surface area contributed by atoms with Crippen LogP contribution < -0.4 is 10.6 Å². The fourth-order valence-corrected chi connectivity index (χ4v) is 3.62. The average Bonchev–Trinajstić information content (AvgIpc) is 3.30. The van der Waals surface area contributed by atoms with Crippen LogP contribution in [0.5, 0.6) is 0 Å². The van der Waals surface area contributed by atoms with Crippen LogP contribution in [0.2, 0.25) is 0 Å². The summed E-state index contributed by atoms with van der Waals surface area (Å²) in [7, 11) is 1.83. The van der Waals surface area contributed by atoms with Gasteiger partial charge in [0.15, 0.2) is 5.96 Å². The topological polar surface area (TPSA) is 48.9 Å². The summed E-state index contributed by atoms with van der Waals surface area (Å²) in [4.78, 5) is 6.83. The minimum Gasteiger partial charge on any atom is -0.381 e. The third kappa shape index (κ3) is 7.34. The highest BCUT2D eigenvalue weighted by atomic mass is 32.1. The predicted molar refractivity (Wildman–Crippen MR) is 108 cm³/mol. The van der Waals surface area contributed by atoms with Crippen LogP contribution in [0, 0.1) is 5.92 Å². The third-order valence-electron chi connectivity index (χ3n) is 4.68. The van der Waals surface area contributed by atoms with Crippen molar-refractivity contribution in [2.75, 3.05) is 46.4 Å². The Balaban J connectivity index is 1.70. The maximum atomic E-state index is 5.67. The lowest BCUT2D eigenvalue weighted by molar-refractivity contribution is 0.123. The molecule has 5 nitrogen and oxygen atoms in total. The van der Waals surface area contributed by atoms with Gasteiger partial charge in [-0.1, -0.05) is 13.8 Å². The van der Waals surface area contributed by atoms with Crippen molar-refractivity contribution >= 4 is 17.3 Å². The largest absolute Gasteiger partial charge is 0.381 e. The number of guanidine groups is 1. The van der Waals surface area contributed by atoms with Crippen LogP contribution in [0.15, 0.2) is 21.8 Å². The minimum absolute atomic E-state index is 0.377. The van der Waals surface area contributed by atoms with Crippen molar-refractivity contribution in [2.24, 2.45) is 10.9 Å². The molecule has 0 bridgehead atoms. The van der Waals surface area contributed by atoms with Crippen LogP contribution in [-0.4, -0.2) is 57.3 Å². The number of likely N-dealkylation sites (N-methyl/N-ethyl adjacent to an activating group) is 1. The molecule has 0 saturated heterocycles. The highest BCUT2D eigenvalue weighted by molar-refractivity contribution is 7.07. The molecule has 1 aromatic heterocycles. The van der Waals surface area contributed by atoms with Crippen molar-refractivity contribution in [1.82, 2.24) is 15.5 Å². The van der Waals surface area contributed by atoms with Gasteiger partial charge in [-0.15, -0.1) is 0 Å². The predicted octanol–water partition coefficient (Wildman–Crippen LogP) is 3.11. The Morgan fingerprint density at radius 3 is 2.76 bits per heavy atom. The van der Waals surface area contributed by atoms with Crippen molar-refractivity contribution in [3.05, 3.63) is 22.4 Å². The normalized spacial score (nSPS) is 16.2. The summed E-state index contributed by atoms with van der Waals surface area (Å²) in [6.45, 7) is 10.0. The molecule has 25 heavy (non-hydrogen) atoms. The molecule has 0 aromatic carbocycles. The van der Waals surface area contributed by atoms with Crippen LogP contribution in [0.25, 0.3) is 0 Å². The van der Waals surface area contributed by atoms with E-state index < -0.39 is 0 Å². The minimum atomic E-state index is 0.377. The standard InChI is InChI=1S/C19H34N4OS/c1-4-23(5-2)18(17-9-12-25-15-17)13-22-19(20-3)21-10-6-11-24-14-16-7-8-16/h9,12,15-16,18H,4-8,10-11,13-14H2,1-3H3,(H2,20,21,22). The fraction of sp³-hybridized carbons (Fsp3) is 0.737. The summed E-state index contributed by atoms with van der Waals surface area (Å²) < 4.78 is 5.67. The number of hydrogen-bond acceptors (Lipinski definition) is 4. The first-order valence-electron chi connectivity index (χ1n) is 9.56. The van der Waals surface area contributed by atoms with E-state index in [2.05, 4.69) is 51.2 Å². The van der Waals surface area contributed by atoms with E-state index in [1.165, 1.54) is 18.4 Å². The van der Waals surface area contributed by atoms with Crippen molar-refractivity contribution in [2.45, 2.75) is 39.2 Å². The van der Waals surface area contributed by atoms with Gasteiger partial charge in [0.25, 0.3) is 0 Å². The summed E-state index contributed by atoms with van der Waals surface area (Å²) in [6, 6.07) is 2.60. The molecule has 0 amide bonds. The Labute approximate surface area is 156 Å². The maximum absolute atomic E-state index is 5.67. The molecule has 0 spiro atoms. The molecule has 6 heteroatoms. The zero-order valence-corrected chi connectivity index (χ0v) is 16.8. The lowest BCUT2D eigenvalue weighted by Crippen LogP contribution is -2.43. The highest BCUT2D eigenvalue weighted by Crippen LogP contribution is 2.28. The Hall–Kier alpha value is -1.11. The van der Waals surface area contributed by atoms with E-state index in [0.29, 0.717) is 6.04 Å². The van der Waals surface area contributed by atoms with Gasteiger partial charge in [-0.05, 0) is 60.7 Å². The molecule has 1 aliphatic carbocycles. The average molecular weight is 367 g/mol. The highest BCUT2D eigenvalue weighted by Gasteiger charge is 2.21. The first-order valence-corrected chi connectivity index (χ1v) is 10.5. The molecule has 0 radical (unpaired) electrons. The van der Waals surface area contributed by atoms with Gasteiger partial charge in [-0.2, -0.15) is 11.3 Å². The molecule has 2 N–H and O–H groups in total. The van der Waals surface area contributed by atoms with E-state index in [1.807, 2.05) is 7.05 Å². The summed E-state index contributed by atoms with van der Waals surface area (Å²) >= 11 is 1.76. The number of thiophene rings is 1. The zero-order chi connectivity index (χ0) is 17.9. The molecular weight excluding hydrogens is 332 g/mol. The maximum Gasteiger partial charge on any atom is 0.191 e. The summed E-state index contributed by atoms with van der Waals surface area (Å²) in [5, 5.41) is 11.3. The van der Waals surface area contributed by atoms with E-state index in [4.69, 9.17) is 4.74 Å². The van der Waals surface area contributed by atoms with Gasteiger partial charge in [-0.3, -0.25) is 9.89 Å². The van der Waals surface area contributed by atoms with Crippen LogP contribution >= 0.6 is 11.3 Å². The van der Waals surface area contributed by atoms with Crippen LogP contribution in [0.3, 0.4) is 0 Å². The molecule has 1 saturated carbocycles. The molecule has 1 fully saturated rings. The Morgan fingerprint density at radius 2 is 2.16 bits per heavy atom. The van der Waals surface area contributed by atoms with Crippen LogP contribution in [-0.2, 0) is 4.74 Å². The van der Waals surface area contributed by atoms with Crippen LogP contribution in [0.1, 0.15) is 44.7 Å². The van der Waals surface area contributed by atoms with Crippen molar-refractivity contribution in [1.29, 1.82) is 0 Å². The van der Waals surface area contributed by atoms with Gasteiger partial charge in [0.1, 0.15) is 0 Å². The SMILES string of the molecule is CCN(CC)C(CNC(=NC)NCCCOCC1CC1)c1ccsc1. The molecule has 1 unspecified atom stereocenters. The molecule has 1 aromatic rings. The monoisotopic (exact) mass is 366 g/mol. The number of nitrogens with zero attached hydrogens (tertiary/aromatic N) is 2. The van der Waals surface area contributed by atoms with Crippen LogP contribution in [0.4, 0.5) is 0 Å². The summed E-state index contributed by atoms with van der Waals surface area (Å²) in [6.07, 6.45) is 3.72. The second-order valence-corrected chi connectivity index (χ2v) is 7.33. The Kier molecular flexibility index (Phi) is 9.29. The second-order valence-electron chi connectivity index (χ2n) is 6.55. The third-order valence-corrected chi connectivity index (χ3v) is 5.38. The van der Waals surface area contributed by atoms with E-state index in [-0.39, 0.29) is 0 Å². The zero-order valence-electron chi connectivity index (χ0n) is 16.0. The molecule has 1 heterocycles. The quantitative estimate of drug-likeness (QED) is 0.339. The first-order chi connectivity index (χ1) is 12.3. The molecule has 0 aliphatic heterocycles. The number of rotatable bonds is 12. The van der Waals surface area contributed by atoms with E-state index >= 15 is 0 Å². The van der Waals surface area contributed by atoms with E-state index in [0.717, 1.165) is 57.7 Å².